The molecule has 0 unspecified atom stereocenters. The fourth-order valence-corrected chi connectivity index (χ4v) is 3.03. The van der Waals surface area contributed by atoms with Crippen molar-refractivity contribution in [2.45, 2.75) is 10.6 Å². The van der Waals surface area contributed by atoms with E-state index < -0.39 is 9.84 Å². The molecule has 0 spiro atoms. The van der Waals surface area contributed by atoms with Gasteiger partial charge in [0.25, 0.3) is 0 Å². The summed E-state index contributed by atoms with van der Waals surface area (Å²) in [4.78, 5) is 3.83. The Morgan fingerprint density at radius 2 is 1.83 bits per heavy atom. The van der Waals surface area contributed by atoms with Crippen molar-refractivity contribution in [3.8, 4) is 5.75 Å². The summed E-state index contributed by atoms with van der Waals surface area (Å²) in [7, 11) is -3.50. The third-order valence-corrected chi connectivity index (χ3v) is 4.19. The Morgan fingerprint density at radius 1 is 1.17 bits per heavy atom. The summed E-state index contributed by atoms with van der Waals surface area (Å²) in [5.74, 6) is -0.0684. The number of aromatic nitrogens is 1. The van der Waals surface area contributed by atoms with Crippen molar-refractivity contribution in [2.24, 2.45) is 0 Å². The molecule has 0 saturated carbocycles. The van der Waals surface area contributed by atoms with E-state index in [4.69, 9.17) is 10.8 Å². The maximum atomic E-state index is 12.1. The Hall–Kier alpha value is -2.08. The molecule has 3 N–H and O–H groups in total. The van der Waals surface area contributed by atoms with E-state index in [1.807, 2.05) is 0 Å². The molecule has 1 heterocycles. The predicted octanol–water partition coefficient (Wildman–Crippen LogP) is 1.34. The highest BCUT2D eigenvalue weighted by Crippen LogP contribution is 2.22. The first-order chi connectivity index (χ1) is 8.49. The summed E-state index contributed by atoms with van der Waals surface area (Å²) in [5, 5.41) is 9.14. The van der Waals surface area contributed by atoms with Crippen molar-refractivity contribution in [2.75, 3.05) is 5.73 Å². The highest BCUT2D eigenvalue weighted by Gasteiger charge is 2.18. The number of aromatic hydroxyl groups is 1. The van der Waals surface area contributed by atoms with Gasteiger partial charge in [-0.1, -0.05) is 12.1 Å². The lowest BCUT2D eigenvalue weighted by atomic mass is 10.2. The topological polar surface area (TPSA) is 93.3 Å². The van der Waals surface area contributed by atoms with Crippen LogP contribution in [0.1, 0.15) is 5.56 Å². The first kappa shape index (κ1) is 12.4. The van der Waals surface area contributed by atoms with Gasteiger partial charge in [0.1, 0.15) is 5.75 Å². The van der Waals surface area contributed by atoms with E-state index in [0.717, 1.165) is 0 Å². The largest absolute Gasteiger partial charge is 0.508 e. The maximum Gasteiger partial charge on any atom is 0.184 e. The minimum Gasteiger partial charge on any atom is -0.508 e. The van der Waals surface area contributed by atoms with Gasteiger partial charge in [0, 0.05) is 6.20 Å². The Balaban J connectivity index is 2.33. The van der Waals surface area contributed by atoms with Crippen molar-refractivity contribution in [1.29, 1.82) is 0 Å². The average molecular weight is 264 g/mol. The van der Waals surface area contributed by atoms with Crippen LogP contribution in [0.5, 0.6) is 5.75 Å². The summed E-state index contributed by atoms with van der Waals surface area (Å²) in [5.41, 5.74) is 6.33. The average Bonchev–Trinajstić information content (AvgIpc) is 2.32. The second-order valence-corrected chi connectivity index (χ2v) is 5.80. The highest BCUT2D eigenvalue weighted by molar-refractivity contribution is 7.90. The number of pyridine rings is 1. The molecule has 0 fully saturated rings. The van der Waals surface area contributed by atoms with E-state index in [-0.39, 0.29) is 22.1 Å². The number of phenolic OH excluding ortho intramolecular Hbond substituents is 1. The first-order valence-corrected chi connectivity index (χ1v) is 6.84. The maximum absolute atomic E-state index is 12.1. The number of benzene rings is 1. The summed E-state index contributed by atoms with van der Waals surface area (Å²) < 4.78 is 24.3. The molecule has 1 aromatic carbocycles. The molecule has 2 aromatic rings. The molecule has 94 valence electrons. The van der Waals surface area contributed by atoms with E-state index in [2.05, 4.69) is 4.98 Å². The quantitative estimate of drug-likeness (QED) is 0.872. The summed E-state index contributed by atoms with van der Waals surface area (Å²) >= 11 is 0. The fraction of sp³-hybridized carbons (Fsp3) is 0.0833. The van der Waals surface area contributed by atoms with Gasteiger partial charge < -0.3 is 10.8 Å². The number of phenols is 1. The number of sulfone groups is 1. The lowest BCUT2D eigenvalue weighted by Crippen LogP contribution is -2.08. The van der Waals surface area contributed by atoms with Crippen molar-refractivity contribution >= 4 is 15.5 Å². The van der Waals surface area contributed by atoms with Gasteiger partial charge in [-0.2, -0.15) is 0 Å². The molecule has 0 saturated heterocycles. The van der Waals surface area contributed by atoms with E-state index >= 15 is 0 Å². The number of hydrogen-bond donors (Lipinski definition) is 2. The number of anilines is 1. The first-order valence-electron chi connectivity index (χ1n) is 5.19. The van der Waals surface area contributed by atoms with Gasteiger partial charge in [0.2, 0.25) is 0 Å². The molecule has 6 heteroatoms. The van der Waals surface area contributed by atoms with Gasteiger partial charge in [-0.15, -0.1) is 0 Å². The number of nitrogens with two attached hydrogens (primary N) is 1. The Labute approximate surface area is 105 Å². The van der Waals surface area contributed by atoms with Gasteiger partial charge in [-0.3, -0.25) is 4.98 Å². The van der Waals surface area contributed by atoms with Gasteiger partial charge in [0.15, 0.2) is 9.84 Å². The van der Waals surface area contributed by atoms with Crippen LogP contribution in [0.4, 0.5) is 5.69 Å². The molecule has 0 aliphatic carbocycles. The third kappa shape index (κ3) is 2.60. The van der Waals surface area contributed by atoms with Crippen LogP contribution >= 0.6 is 0 Å². The van der Waals surface area contributed by atoms with Crippen molar-refractivity contribution in [3.05, 3.63) is 48.3 Å². The SMILES string of the molecule is Nc1cnccc1S(=O)(=O)Cc1ccc(O)cc1. The zero-order chi connectivity index (χ0) is 13.2. The van der Waals surface area contributed by atoms with Crippen LogP contribution in [-0.4, -0.2) is 18.5 Å². The zero-order valence-electron chi connectivity index (χ0n) is 9.45. The Bertz CT molecular complexity index is 651. The van der Waals surface area contributed by atoms with Crippen LogP contribution in [-0.2, 0) is 15.6 Å². The summed E-state index contributed by atoms with van der Waals surface area (Å²) in [6.07, 6.45) is 2.70. The van der Waals surface area contributed by atoms with Crippen LogP contribution in [0, 0.1) is 0 Å². The molecular formula is C12H12N2O3S. The van der Waals surface area contributed by atoms with E-state index in [9.17, 15) is 8.42 Å². The smallest absolute Gasteiger partial charge is 0.184 e. The summed E-state index contributed by atoms with van der Waals surface area (Å²) in [6.45, 7) is 0. The molecule has 2 rings (SSSR count). The van der Waals surface area contributed by atoms with Crippen molar-refractivity contribution < 1.29 is 13.5 Å². The number of nitrogen functional groups attached to an aromatic ring is 1. The van der Waals surface area contributed by atoms with E-state index in [1.165, 1.54) is 30.6 Å². The monoisotopic (exact) mass is 264 g/mol. The van der Waals surface area contributed by atoms with E-state index in [0.29, 0.717) is 5.56 Å². The second-order valence-electron chi connectivity index (χ2n) is 3.84. The lowest BCUT2D eigenvalue weighted by Gasteiger charge is -2.07. The van der Waals surface area contributed by atoms with Gasteiger partial charge in [-0.05, 0) is 23.8 Å². The Kier molecular flexibility index (Phi) is 3.20. The molecule has 0 bridgehead atoms. The zero-order valence-corrected chi connectivity index (χ0v) is 10.3. The minimum atomic E-state index is -3.50. The van der Waals surface area contributed by atoms with Crippen molar-refractivity contribution in [1.82, 2.24) is 4.98 Å². The van der Waals surface area contributed by atoms with Gasteiger partial charge in [-0.25, -0.2) is 8.42 Å². The number of rotatable bonds is 3. The molecule has 0 aliphatic rings. The molecule has 18 heavy (non-hydrogen) atoms. The number of hydrogen-bond acceptors (Lipinski definition) is 5. The molecule has 0 radical (unpaired) electrons. The number of nitrogens with zero attached hydrogens (tertiary/aromatic N) is 1. The molecule has 0 amide bonds. The predicted molar refractivity (Wildman–Crippen MR) is 67.6 cm³/mol. The lowest BCUT2D eigenvalue weighted by molar-refractivity contribution is 0.475. The normalized spacial score (nSPS) is 11.3. The molecule has 1 aromatic heterocycles. The molecular weight excluding hydrogens is 252 g/mol. The van der Waals surface area contributed by atoms with Crippen LogP contribution in [0.2, 0.25) is 0 Å². The van der Waals surface area contributed by atoms with Crippen LogP contribution < -0.4 is 5.73 Å². The van der Waals surface area contributed by atoms with Crippen LogP contribution in [0.3, 0.4) is 0 Å². The third-order valence-electron chi connectivity index (χ3n) is 2.44. The standard InChI is InChI=1S/C12H12N2O3S/c13-11-7-14-6-5-12(11)18(16,17)8-9-1-3-10(15)4-2-9/h1-7,15H,8,13H2. The van der Waals surface area contributed by atoms with Gasteiger partial charge in [0.05, 0.1) is 22.5 Å². The van der Waals surface area contributed by atoms with Crippen molar-refractivity contribution in [3.63, 3.8) is 0 Å². The van der Waals surface area contributed by atoms with E-state index in [1.54, 1.807) is 12.1 Å². The van der Waals surface area contributed by atoms with Gasteiger partial charge >= 0.3 is 0 Å². The molecule has 0 aliphatic heterocycles. The molecule has 5 nitrogen and oxygen atoms in total. The van der Waals surface area contributed by atoms with Crippen LogP contribution in [0.15, 0.2) is 47.6 Å². The van der Waals surface area contributed by atoms with Crippen LogP contribution in [0.25, 0.3) is 0 Å². The summed E-state index contributed by atoms with van der Waals surface area (Å²) in [6, 6.07) is 7.39. The second kappa shape index (κ2) is 4.66. The molecule has 0 atom stereocenters. The fourth-order valence-electron chi connectivity index (χ4n) is 1.57. The highest BCUT2D eigenvalue weighted by atomic mass is 32.2. The minimum absolute atomic E-state index is 0.0746. The Morgan fingerprint density at radius 3 is 2.44 bits per heavy atom.